The molecule has 0 aliphatic heterocycles. The van der Waals surface area contributed by atoms with Crippen LogP contribution in [0.5, 0.6) is 0 Å². The van der Waals surface area contributed by atoms with Crippen LogP contribution in [0.25, 0.3) is 11.0 Å². The number of hydrogen-bond acceptors (Lipinski definition) is 6. The molecule has 0 aliphatic carbocycles. The van der Waals surface area contributed by atoms with Gasteiger partial charge in [-0.2, -0.15) is 4.68 Å². The molecule has 0 fully saturated rings. The van der Waals surface area contributed by atoms with Gasteiger partial charge in [0.1, 0.15) is 11.0 Å². The molecule has 0 N–H and O–H groups in total. The van der Waals surface area contributed by atoms with Crippen LogP contribution in [0.15, 0.2) is 41.0 Å². The number of nitro groups is 1. The number of hydrogen-bond donors (Lipinski definition) is 0. The minimum absolute atomic E-state index is 0.0432. The van der Waals surface area contributed by atoms with Gasteiger partial charge >= 0.3 is 0 Å². The standard InChI is InChI=1S/C11H6N4O3S/c16-15(17)7-3-4-8-9(6-7)14(13-12-8)11(19)10-2-1-5-18-10/h1-6H. The Morgan fingerprint density at radius 1 is 1.42 bits per heavy atom. The van der Waals surface area contributed by atoms with E-state index in [4.69, 9.17) is 16.6 Å². The van der Waals surface area contributed by atoms with Gasteiger partial charge in [0.25, 0.3) is 5.69 Å². The van der Waals surface area contributed by atoms with E-state index in [9.17, 15) is 10.1 Å². The van der Waals surface area contributed by atoms with E-state index in [-0.39, 0.29) is 5.69 Å². The molecule has 0 radical (unpaired) electrons. The number of non-ortho nitro benzene ring substituents is 1. The Hall–Kier alpha value is -2.61. The van der Waals surface area contributed by atoms with E-state index in [1.807, 2.05) is 0 Å². The Morgan fingerprint density at radius 2 is 2.26 bits per heavy atom. The Morgan fingerprint density at radius 3 is 2.95 bits per heavy atom. The highest BCUT2D eigenvalue weighted by Gasteiger charge is 2.15. The summed E-state index contributed by atoms with van der Waals surface area (Å²) in [4.78, 5) is 10.6. The molecule has 0 saturated carbocycles. The number of rotatable bonds is 2. The Kier molecular flexibility index (Phi) is 2.57. The summed E-state index contributed by atoms with van der Waals surface area (Å²) in [6, 6.07) is 7.67. The predicted molar refractivity (Wildman–Crippen MR) is 70.0 cm³/mol. The maximum atomic E-state index is 10.8. The SMILES string of the molecule is O=[N+]([O-])c1ccc2nnn(C(=S)c3ccco3)c2c1. The summed E-state index contributed by atoms with van der Waals surface area (Å²) < 4.78 is 6.53. The zero-order valence-electron chi connectivity index (χ0n) is 9.39. The molecule has 8 heteroatoms. The van der Waals surface area contributed by atoms with Crippen molar-refractivity contribution >= 4 is 33.9 Å². The fraction of sp³-hybridized carbons (Fsp3) is 0. The molecular formula is C11H6N4O3S. The van der Waals surface area contributed by atoms with Crippen molar-refractivity contribution in [3.63, 3.8) is 0 Å². The maximum Gasteiger partial charge on any atom is 0.271 e. The smallest absolute Gasteiger partial charge is 0.271 e. The molecule has 0 spiro atoms. The van der Waals surface area contributed by atoms with Crippen LogP contribution in [0, 0.1) is 10.1 Å². The lowest BCUT2D eigenvalue weighted by molar-refractivity contribution is -0.384. The first-order valence-corrected chi connectivity index (χ1v) is 5.66. The first-order valence-electron chi connectivity index (χ1n) is 5.25. The third-order valence-electron chi connectivity index (χ3n) is 2.56. The number of benzene rings is 1. The maximum absolute atomic E-state index is 10.8. The lowest BCUT2D eigenvalue weighted by Crippen LogP contribution is -2.11. The molecule has 7 nitrogen and oxygen atoms in total. The van der Waals surface area contributed by atoms with E-state index < -0.39 is 4.92 Å². The van der Waals surface area contributed by atoms with Crippen molar-refractivity contribution in [3.05, 3.63) is 52.5 Å². The average molecular weight is 274 g/mol. The lowest BCUT2D eigenvalue weighted by atomic mass is 10.3. The van der Waals surface area contributed by atoms with Crippen LogP contribution < -0.4 is 0 Å². The Balaban J connectivity index is 2.16. The first kappa shape index (κ1) is 11.5. The average Bonchev–Trinajstić information content (AvgIpc) is 3.06. The van der Waals surface area contributed by atoms with Gasteiger partial charge in [0.2, 0.25) is 0 Å². The quantitative estimate of drug-likeness (QED) is 0.404. The fourth-order valence-electron chi connectivity index (χ4n) is 1.68. The molecule has 2 heterocycles. The van der Waals surface area contributed by atoms with Crippen molar-refractivity contribution in [2.75, 3.05) is 0 Å². The topological polar surface area (TPSA) is 87.0 Å². The highest BCUT2D eigenvalue weighted by Crippen LogP contribution is 2.20. The molecule has 0 atom stereocenters. The van der Waals surface area contributed by atoms with Gasteiger partial charge in [-0.1, -0.05) is 17.4 Å². The summed E-state index contributed by atoms with van der Waals surface area (Å²) in [6.45, 7) is 0. The normalized spacial score (nSPS) is 10.7. The lowest BCUT2D eigenvalue weighted by Gasteiger charge is -2.00. The summed E-state index contributed by atoms with van der Waals surface area (Å²) in [5.74, 6) is 0.452. The predicted octanol–water partition coefficient (Wildman–Crippen LogP) is 2.16. The molecule has 1 aromatic carbocycles. The Bertz CT molecular complexity index is 778. The minimum Gasteiger partial charge on any atom is -0.462 e. The third kappa shape index (κ3) is 1.87. The molecule has 0 saturated heterocycles. The molecule has 3 rings (SSSR count). The van der Waals surface area contributed by atoms with Crippen molar-refractivity contribution in [2.24, 2.45) is 0 Å². The number of aromatic nitrogens is 3. The second-order valence-corrected chi connectivity index (χ2v) is 4.10. The van der Waals surface area contributed by atoms with Gasteiger partial charge in [0.05, 0.1) is 11.2 Å². The molecule has 19 heavy (non-hydrogen) atoms. The van der Waals surface area contributed by atoms with Gasteiger partial charge in [0.15, 0.2) is 10.7 Å². The summed E-state index contributed by atoms with van der Waals surface area (Å²) in [5.41, 5.74) is 0.952. The van der Waals surface area contributed by atoms with Crippen molar-refractivity contribution < 1.29 is 9.34 Å². The van der Waals surface area contributed by atoms with E-state index in [1.54, 1.807) is 12.1 Å². The van der Waals surface area contributed by atoms with Gasteiger partial charge in [0, 0.05) is 12.1 Å². The zero-order valence-corrected chi connectivity index (χ0v) is 10.2. The largest absolute Gasteiger partial charge is 0.462 e. The third-order valence-corrected chi connectivity index (χ3v) is 2.94. The van der Waals surface area contributed by atoms with Gasteiger partial charge < -0.3 is 4.42 Å². The monoisotopic (exact) mass is 274 g/mol. The van der Waals surface area contributed by atoms with Crippen molar-refractivity contribution in [1.29, 1.82) is 0 Å². The van der Waals surface area contributed by atoms with Crippen LogP contribution in [-0.4, -0.2) is 24.9 Å². The molecule has 0 amide bonds. The second kappa shape index (κ2) is 4.25. The van der Waals surface area contributed by atoms with Crippen molar-refractivity contribution in [3.8, 4) is 0 Å². The molecule has 94 valence electrons. The van der Waals surface area contributed by atoms with Crippen LogP contribution in [0.2, 0.25) is 0 Å². The number of nitro benzene ring substituents is 1. The van der Waals surface area contributed by atoms with E-state index in [1.165, 1.54) is 29.1 Å². The second-order valence-electron chi connectivity index (χ2n) is 3.71. The Labute approximate surface area is 111 Å². The van der Waals surface area contributed by atoms with Crippen LogP contribution in [0.4, 0.5) is 5.69 Å². The van der Waals surface area contributed by atoms with Gasteiger partial charge in [-0.15, -0.1) is 5.10 Å². The van der Waals surface area contributed by atoms with Crippen LogP contribution in [0.1, 0.15) is 5.76 Å². The van der Waals surface area contributed by atoms with Crippen LogP contribution >= 0.6 is 12.2 Å². The molecule has 2 aromatic heterocycles. The van der Waals surface area contributed by atoms with Gasteiger partial charge in [-0.05, 0) is 18.2 Å². The number of thiocarbonyl (C=S) groups is 1. The molecular weight excluding hydrogens is 268 g/mol. The highest BCUT2D eigenvalue weighted by molar-refractivity contribution is 7.80. The zero-order chi connectivity index (χ0) is 13.4. The van der Waals surface area contributed by atoms with Crippen LogP contribution in [-0.2, 0) is 0 Å². The summed E-state index contributed by atoms with van der Waals surface area (Å²) >= 11 is 5.23. The molecule has 0 unspecified atom stereocenters. The number of furan rings is 1. The van der Waals surface area contributed by atoms with Gasteiger partial charge in [-0.3, -0.25) is 10.1 Å². The number of fused-ring (bicyclic) bond motifs is 1. The molecule has 0 aliphatic rings. The van der Waals surface area contributed by atoms with Crippen molar-refractivity contribution in [2.45, 2.75) is 0 Å². The van der Waals surface area contributed by atoms with Crippen molar-refractivity contribution in [1.82, 2.24) is 15.0 Å². The van der Waals surface area contributed by atoms with Crippen LogP contribution in [0.3, 0.4) is 0 Å². The fourth-order valence-corrected chi connectivity index (χ4v) is 1.93. The molecule has 3 aromatic rings. The van der Waals surface area contributed by atoms with E-state index in [0.29, 0.717) is 21.8 Å². The van der Waals surface area contributed by atoms with Gasteiger partial charge in [-0.25, -0.2) is 0 Å². The summed E-state index contributed by atoms with van der Waals surface area (Å²) in [7, 11) is 0. The first-order chi connectivity index (χ1) is 9.16. The highest BCUT2D eigenvalue weighted by atomic mass is 32.1. The summed E-state index contributed by atoms with van der Waals surface area (Å²) in [5, 5.41) is 18.6. The van der Waals surface area contributed by atoms with E-state index in [0.717, 1.165) is 0 Å². The number of nitrogens with zero attached hydrogens (tertiary/aromatic N) is 4. The summed E-state index contributed by atoms with van der Waals surface area (Å²) in [6.07, 6.45) is 1.49. The minimum atomic E-state index is -0.479. The molecule has 0 bridgehead atoms. The van der Waals surface area contributed by atoms with E-state index >= 15 is 0 Å². The van der Waals surface area contributed by atoms with E-state index in [2.05, 4.69) is 10.3 Å².